The number of hydrogen-bond acceptors (Lipinski definition) is 19. The van der Waals surface area contributed by atoms with Gasteiger partial charge in [0.15, 0.2) is 0 Å². The minimum absolute atomic E-state index is 0.00212. The lowest BCUT2D eigenvalue weighted by molar-refractivity contribution is -0.118. The molecule has 24 nitrogen and oxygen atoms in total. The molecule has 0 spiro atoms. The van der Waals surface area contributed by atoms with E-state index in [1.165, 1.54) is 0 Å². The van der Waals surface area contributed by atoms with Crippen LogP contribution in [0.4, 0.5) is 0 Å². The van der Waals surface area contributed by atoms with E-state index in [1.54, 1.807) is 36.5 Å². The first kappa shape index (κ1) is 82.5. The van der Waals surface area contributed by atoms with E-state index in [0.29, 0.717) is 54.4 Å². The number of hydrogen-bond donors (Lipinski definition) is 13. The maximum absolute atomic E-state index is 11.9. The van der Waals surface area contributed by atoms with Crippen molar-refractivity contribution in [3.63, 3.8) is 0 Å². The third-order valence-corrected chi connectivity index (χ3v) is 15.1. The standard InChI is InChI=1S/2C14H28N4O.2C13H26N4O.C11H21N3O/c1-11(2)18(5)13-10-15-9-12(13)16-14(19)7-6-8-17(3)4;1-11(2)18-9-7-13(12(15)10-18)16-14(19)6-5-8-17(3)4;2*1-10(2)15-11-8-14-9-12(11)16-13(18)6-5-7-17(3)4;1-4-5-11(15)14-10-7-12-6-9(10)13-8(2)3/h6-7,11-13,15H,8-10H2,1-5H3,(H,16,19);5-6,11-13H,7-10,15H2,1-4H3,(H,16,19);2*5-6,10-12,14-15H,7-9H2,1-4H3,(H,16,18);4-5,8-10,12-13H,6-7H2,1-3H3,(H,14,15)/b7-6+;3*6-5+;5-4+/t12-,13-;12-,13+;2*11-,12-;9-,10-/m01101/s1. The van der Waals surface area contributed by atoms with E-state index in [2.05, 4.69) is 150 Å². The van der Waals surface area contributed by atoms with Gasteiger partial charge in [-0.1, -0.05) is 71.9 Å². The molecule has 0 aromatic heterocycles. The molecular weight excluding hydrogens is 1130 g/mol. The van der Waals surface area contributed by atoms with E-state index in [0.717, 1.165) is 98.0 Å². The van der Waals surface area contributed by atoms with Crippen molar-refractivity contribution >= 4 is 29.5 Å². The second-order valence-corrected chi connectivity index (χ2v) is 26.5. The summed E-state index contributed by atoms with van der Waals surface area (Å²) in [5, 5.41) is 38.7. The summed E-state index contributed by atoms with van der Waals surface area (Å²) < 4.78 is 0. The van der Waals surface area contributed by atoms with Crippen LogP contribution < -0.4 is 69.5 Å². The van der Waals surface area contributed by atoms with Gasteiger partial charge in [0, 0.05) is 182 Å². The van der Waals surface area contributed by atoms with Crippen molar-refractivity contribution in [2.75, 3.05) is 155 Å². The quantitative estimate of drug-likeness (QED) is 0.0443. The molecule has 5 amide bonds. The van der Waals surface area contributed by atoms with E-state index < -0.39 is 0 Å². The van der Waals surface area contributed by atoms with Crippen LogP contribution in [-0.4, -0.2) is 305 Å². The van der Waals surface area contributed by atoms with Crippen LogP contribution in [0.3, 0.4) is 0 Å². The first-order chi connectivity index (χ1) is 41.9. The fraction of sp³-hybridized carbons (Fsp3) is 0.769. The zero-order valence-electron chi connectivity index (χ0n) is 58.8. The Kier molecular flexibility index (Phi) is 43.1. The number of nitrogens with one attached hydrogen (secondary N) is 12. The molecule has 14 N–H and O–H groups in total. The minimum Gasteiger partial charge on any atom is -0.348 e. The molecule has 0 radical (unpaired) electrons. The monoisotopic (exact) mass is 1260 g/mol. The van der Waals surface area contributed by atoms with Gasteiger partial charge in [0.2, 0.25) is 29.5 Å². The number of nitrogens with two attached hydrogens (primary N) is 1. The zero-order chi connectivity index (χ0) is 67.2. The fourth-order valence-electron chi connectivity index (χ4n) is 10.4. The third-order valence-electron chi connectivity index (χ3n) is 15.1. The molecule has 89 heavy (non-hydrogen) atoms. The Bertz CT molecular complexity index is 2060. The molecule has 0 aromatic carbocycles. The predicted octanol–water partition coefficient (Wildman–Crippen LogP) is -0.934. The molecule has 5 heterocycles. The van der Waals surface area contributed by atoms with Crippen molar-refractivity contribution in [2.45, 2.75) is 173 Å². The lowest BCUT2D eigenvalue weighted by atomic mass is 9.99. The van der Waals surface area contributed by atoms with E-state index in [1.807, 2.05) is 107 Å². The second kappa shape index (κ2) is 46.5. The summed E-state index contributed by atoms with van der Waals surface area (Å²) in [5.41, 5.74) is 6.14. The van der Waals surface area contributed by atoms with Crippen LogP contribution in [0.5, 0.6) is 0 Å². The van der Waals surface area contributed by atoms with Gasteiger partial charge in [-0.25, -0.2) is 0 Å². The van der Waals surface area contributed by atoms with E-state index in [4.69, 9.17) is 5.73 Å². The average Bonchev–Trinajstić information content (AvgIpc) is 4.51. The summed E-state index contributed by atoms with van der Waals surface area (Å²) in [6.07, 6.45) is 18.2. The first-order valence-corrected chi connectivity index (χ1v) is 32.6. The van der Waals surface area contributed by atoms with E-state index in [-0.39, 0.29) is 65.8 Å². The summed E-state index contributed by atoms with van der Waals surface area (Å²) >= 11 is 0. The molecule has 5 saturated heterocycles. The molecular formula is C65H129N19O5. The summed E-state index contributed by atoms with van der Waals surface area (Å²) in [4.78, 5) is 71.2. The van der Waals surface area contributed by atoms with Gasteiger partial charge in [-0.15, -0.1) is 0 Å². The smallest absolute Gasteiger partial charge is 0.244 e. The Balaban J connectivity index is 0.000000557. The number of piperidine rings is 1. The summed E-state index contributed by atoms with van der Waals surface area (Å²) in [5.74, 6) is -0.0815. The highest BCUT2D eigenvalue weighted by molar-refractivity contribution is 5.89. The normalized spacial score (nSPS) is 24.8. The molecule has 0 bridgehead atoms. The van der Waals surface area contributed by atoms with Gasteiger partial charge in [-0.05, 0) is 111 Å². The molecule has 0 saturated carbocycles. The molecule has 0 aliphatic carbocycles. The van der Waals surface area contributed by atoms with Gasteiger partial charge < -0.3 is 89.1 Å². The van der Waals surface area contributed by atoms with Gasteiger partial charge in [-0.2, -0.15) is 0 Å². The maximum Gasteiger partial charge on any atom is 0.244 e. The van der Waals surface area contributed by atoms with Crippen molar-refractivity contribution in [3.8, 4) is 0 Å². The zero-order valence-corrected chi connectivity index (χ0v) is 58.8. The van der Waals surface area contributed by atoms with Gasteiger partial charge in [0.05, 0.1) is 24.2 Å². The topological polar surface area (TPSA) is 275 Å². The second-order valence-electron chi connectivity index (χ2n) is 26.5. The highest BCUT2D eigenvalue weighted by atomic mass is 16.2. The number of amides is 5. The van der Waals surface area contributed by atoms with Crippen molar-refractivity contribution in [1.29, 1.82) is 0 Å². The van der Waals surface area contributed by atoms with Crippen molar-refractivity contribution in [2.24, 2.45) is 5.73 Å². The number of rotatable bonds is 27. The number of nitrogens with zero attached hydrogens (tertiary/aromatic N) is 6. The van der Waals surface area contributed by atoms with Crippen molar-refractivity contribution < 1.29 is 24.0 Å². The molecule has 5 aliphatic rings. The van der Waals surface area contributed by atoms with E-state index >= 15 is 0 Å². The SMILES string of the molecule is C/C=C/C(=O)N[C@@H]1CNC[C@H]1NC(C)C.CC(C)N(C)[C@H]1CNC[C@@H]1NC(=O)/C=C/CN(C)C.CC(C)N1CC[C@H](NC(=O)/C=C/CN(C)C)[C@H](N)C1.CC(C)N[C@@H]1CNC[C@H]1NC(=O)/C=C/CN(C)C.CC(C)N[C@H]1CNC[C@@H]1NC(=O)/C=C/CN(C)C. The van der Waals surface area contributed by atoms with Gasteiger partial charge in [-0.3, -0.25) is 33.8 Å². The van der Waals surface area contributed by atoms with Gasteiger partial charge in [0.1, 0.15) is 0 Å². The minimum atomic E-state index is -0.0414. The summed E-state index contributed by atoms with van der Waals surface area (Å²) in [6.45, 7) is 35.2. The Morgan fingerprint density at radius 2 is 0.730 bits per heavy atom. The van der Waals surface area contributed by atoms with Gasteiger partial charge >= 0.3 is 0 Å². The largest absolute Gasteiger partial charge is 0.348 e. The number of allylic oxidation sites excluding steroid dienone is 1. The van der Waals surface area contributed by atoms with Crippen LogP contribution in [0.15, 0.2) is 60.8 Å². The number of likely N-dealkylation sites (tertiary alicyclic amines) is 1. The first-order valence-electron chi connectivity index (χ1n) is 32.6. The number of likely N-dealkylation sites (N-methyl/N-ethyl adjacent to an activating group) is 5. The molecule has 5 rings (SSSR count). The van der Waals surface area contributed by atoms with Crippen molar-refractivity contribution in [1.82, 2.24) is 93.2 Å². The number of carbonyl (C=O) groups excluding carboxylic acids is 5. The van der Waals surface area contributed by atoms with Crippen LogP contribution in [0.2, 0.25) is 0 Å². The summed E-state index contributed by atoms with van der Waals surface area (Å²) in [6, 6.07) is 4.45. The molecule has 10 atom stereocenters. The lowest BCUT2D eigenvalue weighted by Crippen LogP contribution is -2.58. The Hall–Kier alpha value is -4.51. The van der Waals surface area contributed by atoms with Crippen LogP contribution in [0, 0.1) is 0 Å². The van der Waals surface area contributed by atoms with Crippen LogP contribution >= 0.6 is 0 Å². The Morgan fingerprint density at radius 1 is 0.438 bits per heavy atom. The van der Waals surface area contributed by atoms with Crippen molar-refractivity contribution in [3.05, 3.63) is 60.8 Å². The Morgan fingerprint density at radius 3 is 1.02 bits per heavy atom. The lowest BCUT2D eigenvalue weighted by Gasteiger charge is -2.38. The van der Waals surface area contributed by atoms with E-state index in [9.17, 15) is 24.0 Å². The highest BCUT2D eigenvalue weighted by Crippen LogP contribution is 2.13. The molecule has 0 unspecified atom stereocenters. The molecule has 5 aliphatic heterocycles. The predicted molar refractivity (Wildman–Crippen MR) is 369 cm³/mol. The molecule has 5 fully saturated rings. The summed E-state index contributed by atoms with van der Waals surface area (Å²) in [7, 11) is 17.9. The molecule has 24 heteroatoms. The maximum atomic E-state index is 11.9. The fourth-order valence-corrected chi connectivity index (χ4v) is 10.4. The third kappa shape index (κ3) is 38.8. The molecule has 0 aromatic rings. The Labute approximate surface area is 539 Å². The average molecular weight is 1260 g/mol. The highest BCUT2D eigenvalue weighted by Gasteiger charge is 2.33. The van der Waals surface area contributed by atoms with Gasteiger partial charge in [0.25, 0.3) is 0 Å². The van der Waals surface area contributed by atoms with Crippen LogP contribution in [0.25, 0.3) is 0 Å². The molecule has 514 valence electrons. The van der Waals surface area contributed by atoms with Crippen LogP contribution in [-0.2, 0) is 24.0 Å². The van der Waals surface area contributed by atoms with Crippen LogP contribution in [0.1, 0.15) is 82.6 Å². The number of carbonyl (C=O) groups is 5.